The highest BCUT2D eigenvalue weighted by molar-refractivity contribution is 5.93. The summed E-state index contributed by atoms with van der Waals surface area (Å²) in [6.07, 6.45) is 0. The second-order valence-electron chi connectivity index (χ2n) is 4.56. The zero-order chi connectivity index (χ0) is 15.6. The third-order valence-electron chi connectivity index (χ3n) is 3.20. The number of rotatable bonds is 4. The number of hydrogen-bond donors (Lipinski definition) is 2. The Bertz CT molecular complexity index is 719. The van der Waals surface area contributed by atoms with Gasteiger partial charge in [0, 0.05) is 5.56 Å². The topological polar surface area (TPSA) is 83.8 Å². The zero-order valence-corrected chi connectivity index (χ0v) is 11.6. The summed E-state index contributed by atoms with van der Waals surface area (Å²) < 4.78 is 5.28. The number of aromatic carboxylic acids is 2. The first kappa shape index (κ1) is 14.6. The van der Waals surface area contributed by atoms with E-state index in [2.05, 4.69) is 0 Å². The molecule has 2 rings (SSSR count). The SMILES string of the molecule is COc1cc(C)c(C(=O)O)cc1-c1cccc(C(=O)O)c1. The Balaban J connectivity index is 2.67. The molecule has 2 aromatic rings. The fourth-order valence-corrected chi connectivity index (χ4v) is 2.13. The molecule has 0 saturated heterocycles. The number of benzene rings is 2. The monoisotopic (exact) mass is 286 g/mol. The standard InChI is InChI=1S/C16H14O5/c1-9-6-14(21-2)13(8-12(9)16(19)20)10-4-3-5-11(7-10)15(17)18/h3-8H,1-2H3,(H,17,18)(H,19,20). The average Bonchev–Trinajstić information content (AvgIpc) is 2.46. The number of carboxylic acid groups (broad SMARTS) is 2. The molecular formula is C16H14O5. The van der Waals surface area contributed by atoms with Crippen molar-refractivity contribution in [3.05, 3.63) is 53.1 Å². The molecule has 0 aliphatic heterocycles. The Hall–Kier alpha value is -2.82. The lowest BCUT2D eigenvalue weighted by molar-refractivity contribution is 0.0685. The molecule has 0 aromatic heterocycles. The molecule has 2 aromatic carbocycles. The van der Waals surface area contributed by atoms with E-state index >= 15 is 0 Å². The molecule has 0 unspecified atom stereocenters. The van der Waals surface area contributed by atoms with E-state index in [1.807, 2.05) is 0 Å². The van der Waals surface area contributed by atoms with Crippen molar-refractivity contribution >= 4 is 11.9 Å². The molecule has 108 valence electrons. The van der Waals surface area contributed by atoms with Crippen LogP contribution < -0.4 is 4.74 Å². The predicted octanol–water partition coefficient (Wildman–Crippen LogP) is 3.07. The molecule has 21 heavy (non-hydrogen) atoms. The summed E-state index contributed by atoms with van der Waals surface area (Å²) in [6.45, 7) is 1.68. The molecule has 0 bridgehead atoms. The van der Waals surface area contributed by atoms with Crippen LogP contribution in [0.25, 0.3) is 11.1 Å². The molecule has 2 N–H and O–H groups in total. The highest BCUT2D eigenvalue weighted by Crippen LogP contribution is 2.33. The molecule has 0 atom stereocenters. The van der Waals surface area contributed by atoms with E-state index in [0.717, 1.165) is 0 Å². The minimum absolute atomic E-state index is 0.131. The summed E-state index contributed by atoms with van der Waals surface area (Å²) in [7, 11) is 1.49. The van der Waals surface area contributed by atoms with E-state index in [1.165, 1.54) is 25.3 Å². The number of methoxy groups -OCH3 is 1. The first-order chi connectivity index (χ1) is 9.93. The quantitative estimate of drug-likeness (QED) is 0.902. The lowest BCUT2D eigenvalue weighted by Gasteiger charge is -2.12. The summed E-state index contributed by atoms with van der Waals surface area (Å²) in [6, 6.07) is 9.42. The van der Waals surface area contributed by atoms with Crippen molar-refractivity contribution in [3.8, 4) is 16.9 Å². The highest BCUT2D eigenvalue weighted by Gasteiger charge is 2.15. The van der Waals surface area contributed by atoms with Crippen LogP contribution in [-0.2, 0) is 0 Å². The predicted molar refractivity (Wildman–Crippen MR) is 77.1 cm³/mol. The van der Waals surface area contributed by atoms with Crippen molar-refractivity contribution in [3.63, 3.8) is 0 Å². The maximum atomic E-state index is 11.2. The van der Waals surface area contributed by atoms with E-state index in [4.69, 9.17) is 9.84 Å². The van der Waals surface area contributed by atoms with Gasteiger partial charge >= 0.3 is 11.9 Å². The second-order valence-corrected chi connectivity index (χ2v) is 4.56. The molecule has 0 radical (unpaired) electrons. The third kappa shape index (κ3) is 2.86. The molecule has 5 heteroatoms. The Labute approximate surface area is 121 Å². The fraction of sp³-hybridized carbons (Fsp3) is 0.125. The van der Waals surface area contributed by atoms with Crippen LogP contribution in [0.2, 0.25) is 0 Å². The van der Waals surface area contributed by atoms with Crippen LogP contribution in [0.1, 0.15) is 26.3 Å². The Kier molecular flexibility index (Phi) is 3.93. The van der Waals surface area contributed by atoms with Gasteiger partial charge in [0.05, 0.1) is 18.2 Å². The van der Waals surface area contributed by atoms with Crippen LogP contribution in [0.5, 0.6) is 5.75 Å². The second kappa shape index (κ2) is 5.66. The van der Waals surface area contributed by atoms with Gasteiger partial charge in [0.15, 0.2) is 0 Å². The summed E-state index contributed by atoms with van der Waals surface area (Å²) in [5.41, 5.74) is 2.01. The van der Waals surface area contributed by atoms with Gasteiger partial charge in [0.2, 0.25) is 0 Å². The maximum absolute atomic E-state index is 11.2. The summed E-state index contributed by atoms with van der Waals surface area (Å²) in [5.74, 6) is -1.58. The minimum atomic E-state index is -1.04. The fourth-order valence-electron chi connectivity index (χ4n) is 2.13. The third-order valence-corrected chi connectivity index (χ3v) is 3.20. The van der Waals surface area contributed by atoms with E-state index in [0.29, 0.717) is 22.4 Å². The molecule has 0 saturated carbocycles. The smallest absolute Gasteiger partial charge is 0.335 e. The first-order valence-electron chi connectivity index (χ1n) is 6.19. The number of hydrogen-bond acceptors (Lipinski definition) is 3. The largest absolute Gasteiger partial charge is 0.496 e. The zero-order valence-electron chi connectivity index (χ0n) is 11.6. The first-order valence-corrected chi connectivity index (χ1v) is 6.19. The maximum Gasteiger partial charge on any atom is 0.335 e. The van der Waals surface area contributed by atoms with Gasteiger partial charge in [-0.1, -0.05) is 12.1 Å². The normalized spacial score (nSPS) is 10.2. The van der Waals surface area contributed by atoms with Crippen molar-refractivity contribution in [2.45, 2.75) is 6.92 Å². The molecule has 0 fully saturated rings. The Morgan fingerprint density at radius 2 is 1.76 bits per heavy atom. The van der Waals surface area contributed by atoms with E-state index in [9.17, 15) is 14.7 Å². The van der Waals surface area contributed by atoms with Gasteiger partial charge in [0.25, 0.3) is 0 Å². The summed E-state index contributed by atoms with van der Waals surface area (Å²) in [5, 5.41) is 18.3. The van der Waals surface area contributed by atoms with Crippen LogP contribution in [0.15, 0.2) is 36.4 Å². The van der Waals surface area contributed by atoms with Gasteiger partial charge in [-0.05, 0) is 42.3 Å². The lowest BCUT2D eigenvalue weighted by atomic mass is 9.97. The number of carboxylic acids is 2. The van der Waals surface area contributed by atoms with Gasteiger partial charge in [-0.2, -0.15) is 0 Å². The Morgan fingerprint density at radius 3 is 2.33 bits per heavy atom. The van der Waals surface area contributed by atoms with Crippen molar-refractivity contribution in [1.82, 2.24) is 0 Å². The summed E-state index contributed by atoms with van der Waals surface area (Å²) in [4.78, 5) is 22.3. The van der Waals surface area contributed by atoms with Crippen LogP contribution in [0.4, 0.5) is 0 Å². The van der Waals surface area contributed by atoms with Gasteiger partial charge in [-0.25, -0.2) is 9.59 Å². The van der Waals surface area contributed by atoms with E-state index < -0.39 is 11.9 Å². The van der Waals surface area contributed by atoms with Crippen molar-refractivity contribution in [1.29, 1.82) is 0 Å². The molecule has 0 aliphatic rings. The number of ether oxygens (including phenoxy) is 1. The van der Waals surface area contributed by atoms with Gasteiger partial charge in [-0.15, -0.1) is 0 Å². The van der Waals surface area contributed by atoms with E-state index in [1.54, 1.807) is 25.1 Å². The molecule has 0 amide bonds. The highest BCUT2D eigenvalue weighted by atomic mass is 16.5. The molecule has 5 nitrogen and oxygen atoms in total. The van der Waals surface area contributed by atoms with Crippen molar-refractivity contribution in [2.75, 3.05) is 7.11 Å². The molecule has 0 heterocycles. The van der Waals surface area contributed by atoms with E-state index in [-0.39, 0.29) is 11.1 Å². The van der Waals surface area contributed by atoms with Gasteiger partial charge in [-0.3, -0.25) is 0 Å². The van der Waals surface area contributed by atoms with Crippen LogP contribution in [0.3, 0.4) is 0 Å². The van der Waals surface area contributed by atoms with Crippen LogP contribution >= 0.6 is 0 Å². The molecule has 0 spiro atoms. The number of aryl methyl sites for hydroxylation is 1. The minimum Gasteiger partial charge on any atom is -0.496 e. The van der Waals surface area contributed by atoms with Gasteiger partial charge < -0.3 is 14.9 Å². The van der Waals surface area contributed by atoms with Crippen LogP contribution in [0, 0.1) is 6.92 Å². The van der Waals surface area contributed by atoms with Crippen LogP contribution in [-0.4, -0.2) is 29.3 Å². The van der Waals surface area contributed by atoms with Crippen molar-refractivity contribution in [2.24, 2.45) is 0 Å². The molecule has 0 aliphatic carbocycles. The van der Waals surface area contributed by atoms with Gasteiger partial charge in [0.1, 0.15) is 5.75 Å². The average molecular weight is 286 g/mol. The van der Waals surface area contributed by atoms with Crippen molar-refractivity contribution < 1.29 is 24.5 Å². The summed E-state index contributed by atoms with van der Waals surface area (Å²) >= 11 is 0. The number of carbonyl (C=O) groups is 2. The Morgan fingerprint density at radius 1 is 1.05 bits per heavy atom. The lowest BCUT2D eigenvalue weighted by Crippen LogP contribution is -2.02. The molecular weight excluding hydrogens is 272 g/mol.